The van der Waals surface area contributed by atoms with Gasteiger partial charge in [0.1, 0.15) is 0 Å². The van der Waals surface area contributed by atoms with Crippen LogP contribution in [-0.2, 0) is 15.9 Å². The number of Topliss-reactive ketones (excluding diaryl/α,β-unsaturated/α-hetero) is 1. The zero-order valence-corrected chi connectivity index (χ0v) is 19.5. The van der Waals surface area contributed by atoms with Gasteiger partial charge in [-0.3, -0.25) is 14.5 Å². The van der Waals surface area contributed by atoms with E-state index >= 15 is 0 Å². The van der Waals surface area contributed by atoms with E-state index in [0.29, 0.717) is 39.8 Å². The maximum absolute atomic E-state index is 14.0. The number of anilines is 2. The quantitative estimate of drug-likeness (QED) is 0.470. The Labute approximate surface area is 201 Å². The maximum Gasteiger partial charge on any atom is 0.265 e. The largest absolute Gasteiger partial charge is 0.382 e. The van der Waals surface area contributed by atoms with E-state index in [2.05, 4.69) is 5.32 Å². The molecule has 1 amide bonds. The SMILES string of the molecule is CCC1(N2C(=O)C(O)(CC(=O)c3cccc(Cl)c3)c3ccccc32)CNc2ccc(Cl)cc21. The molecule has 0 saturated carbocycles. The van der Waals surface area contributed by atoms with Crippen LogP contribution in [0.4, 0.5) is 11.4 Å². The number of amides is 1. The molecule has 7 heteroatoms. The number of aliphatic hydroxyl groups is 1. The minimum atomic E-state index is -1.99. The van der Waals surface area contributed by atoms with E-state index in [9.17, 15) is 14.7 Å². The molecule has 0 fully saturated rings. The van der Waals surface area contributed by atoms with Gasteiger partial charge in [-0.2, -0.15) is 0 Å². The van der Waals surface area contributed by atoms with E-state index in [4.69, 9.17) is 23.2 Å². The van der Waals surface area contributed by atoms with Gasteiger partial charge in [-0.05, 0) is 42.8 Å². The summed E-state index contributed by atoms with van der Waals surface area (Å²) in [4.78, 5) is 28.8. The van der Waals surface area contributed by atoms with E-state index in [0.717, 1.165) is 11.3 Å². The first-order valence-electron chi connectivity index (χ1n) is 10.8. The van der Waals surface area contributed by atoms with Crippen LogP contribution < -0.4 is 10.2 Å². The summed E-state index contributed by atoms with van der Waals surface area (Å²) in [6, 6.07) is 19.2. The van der Waals surface area contributed by atoms with E-state index < -0.39 is 17.0 Å². The Morgan fingerprint density at radius 2 is 1.79 bits per heavy atom. The Morgan fingerprint density at radius 3 is 2.55 bits per heavy atom. The molecular weight excluding hydrogens is 459 g/mol. The summed E-state index contributed by atoms with van der Waals surface area (Å²) in [5.41, 5.74) is 0.429. The van der Waals surface area contributed by atoms with Gasteiger partial charge in [0.05, 0.1) is 17.6 Å². The molecular formula is C26H22Cl2N2O3. The summed E-state index contributed by atoms with van der Waals surface area (Å²) < 4.78 is 0. The molecule has 0 radical (unpaired) electrons. The normalized spacial score (nSPS) is 23.3. The molecule has 3 aromatic rings. The molecule has 0 saturated heterocycles. The number of nitrogens with one attached hydrogen (secondary N) is 1. The number of halogens is 2. The summed E-state index contributed by atoms with van der Waals surface area (Å²) in [6.45, 7) is 2.47. The fourth-order valence-electron chi connectivity index (χ4n) is 5.09. The lowest BCUT2D eigenvalue weighted by atomic mass is 9.86. The molecule has 5 nitrogen and oxygen atoms in total. The molecule has 2 atom stereocenters. The van der Waals surface area contributed by atoms with Crippen LogP contribution in [0.2, 0.25) is 10.0 Å². The second-order valence-corrected chi connectivity index (χ2v) is 9.43. The van der Waals surface area contributed by atoms with E-state index in [-0.39, 0.29) is 12.2 Å². The number of fused-ring (bicyclic) bond motifs is 2. The predicted octanol–water partition coefficient (Wildman–Crippen LogP) is 5.53. The lowest BCUT2D eigenvalue weighted by Crippen LogP contribution is -2.53. The molecule has 3 aromatic carbocycles. The van der Waals surface area contributed by atoms with Crippen molar-refractivity contribution in [2.24, 2.45) is 0 Å². The van der Waals surface area contributed by atoms with Crippen molar-refractivity contribution in [2.45, 2.75) is 30.9 Å². The first kappa shape index (κ1) is 22.0. The second kappa shape index (κ2) is 7.87. The molecule has 2 aliphatic heterocycles. The van der Waals surface area contributed by atoms with Gasteiger partial charge in [0.25, 0.3) is 5.91 Å². The van der Waals surface area contributed by atoms with Gasteiger partial charge in [-0.15, -0.1) is 0 Å². The number of nitrogens with zero attached hydrogens (tertiary/aromatic N) is 1. The van der Waals surface area contributed by atoms with Crippen molar-refractivity contribution in [3.63, 3.8) is 0 Å². The van der Waals surface area contributed by atoms with Gasteiger partial charge < -0.3 is 10.4 Å². The van der Waals surface area contributed by atoms with Crippen molar-refractivity contribution in [1.82, 2.24) is 0 Å². The fourth-order valence-corrected chi connectivity index (χ4v) is 5.45. The van der Waals surface area contributed by atoms with E-state index in [1.165, 1.54) is 0 Å². The number of rotatable bonds is 5. The van der Waals surface area contributed by atoms with Crippen LogP contribution in [0.15, 0.2) is 66.7 Å². The fraction of sp³-hybridized carbons (Fsp3) is 0.231. The Balaban J connectivity index is 1.62. The summed E-state index contributed by atoms with van der Waals surface area (Å²) in [7, 11) is 0. The summed E-state index contributed by atoms with van der Waals surface area (Å²) in [6.07, 6.45) is 0.209. The van der Waals surface area contributed by atoms with E-state index in [1.54, 1.807) is 47.4 Å². The third-order valence-electron chi connectivity index (χ3n) is 6.78. The number of carbonyl (C=O) groups is 2. The minimum absolute atomic E-state index is 0.351. The lowest BCUT2D eigenvalue weighted by molar-refractivity contribution is -0.137. The Kier molecular flexibility index (Phi) is 5.24. The number of carbonyl (C=O) groups excluding carboxylic acids is 2. The molecule has 2 unspecified atom stereocenters. The highest BCUT2D eigenvalue weighted by molar-refractivity contribution is 6.31. The molecule has 0 aromatic heterocycles. The molecule has 33 heavy (non-hydrogen) atoms. The molecule has 0 bridgehead atoms. The standard InChI is InChI=1S/C26H22Cl2N2O3/c1-2-25(15-29-21-11-10-18(28)13-20(21)25)30-22-9-4-3-8-19(22)26(33,24(30)32)14-23(31)16-6-5-7-17(27)12-16/h3-13,29,33H,2,14-15H2,1H3. The highest BCUT2D eigenvalue weighted by Crippen LogP contribution is 2.52. The maximum atomic E-state index is 14.0. The highest BCUT2D eigenvalue weighted by atomic mass is 35.5. The van der Waals surface area contributed by atoms with Gasteiger partial charge in [0.15, 0.2) is 11.4 Å². The van der Waals surface area contributed by atoms with Crippen molar-refractivity contribution in [1.29, 1.82) is 0 Å². The topological polar surface area (TPSA) is 69.6 Å². The van der Waals surface area contributed by atoms with Gasteiger partial charge in [0, 0.05) is 39.0 Å². The number of ketones is 1. The van der Waals surface area contributed by atoms with Crippen LogP contribution in [0.5, 0.6) is 0 Å². The molecule has 168 valence electrons. The third kappa shape index (κ3) is 3.26. The van der Waals surface area contributed by atoms with Gasteiger partial charge in [-0.1, -0.05) is 60.5 Å². The van der Waals surface area contributed by atoms with Crippen LogP contribution in [-0.4, -0.2) is 23.3 Å². The van der Waals surface area contributed by atoms with Gasteiger partial charge in [-0.25, -0.2) is 0 Å². The van der Waals surface area contributed by atoms with Crippen LogP contribution in [0.25, 0.3) is 0 Å². The number of hydrogen-bond donors (Lipinski definition) is 2. The molecule has 2 aliphatic rings. The molecule has 0 aliphatic carbocycles. The zero-order chi connectivity index (χ0) is 23.4. The Bertz CT molecular complexity index is 1290. The second-order valence-electron chi connectivity index (χ2n) is 8.56. The van der Waals surface area contributed by atoms with Crippen molar-refractivity contribution in [2.75, 3.05) is 16.8 Å². The highest BCUT2D eigenvalue weighted by Gasteiger charge is 2.58. The number of para-hydroxylation sites is 1. The summed E-state index contributed by atoms with van der Waals surface area (Å²) in [5, 5.41) is 16.1. The van der Waals surface area contributed by atoms with Crippen LogP contribution in [0.1, 0.15) is 41.3 Å². The average molecular weight is 481 g/mol. The van der Waals surface area contributed by atoms with Crippen LogP contribution in [0.3, 0.4) is 0 Å². The smallest absolute Gasteiger partial charge is 0.265 e. The Morgan fingerprint density at radius 1 is 1.03 bits per heavy atom. The summed E-state index contributed by atoms with van der Waals surface area (Å²) in [5.74, 6) is -0.876. The molecule has 2 N–H and O–H groups in total. The van der Waals surface area contributed by atoms with Crippen molar-refractivity contribution in [3.8, 4) is 0 Å². The first-order chi connectivity index (χ1) is 15.8. The van der Waals surface area contributed by atoms with Crippen molar-refractivity contribution in [3.05, 3.63) is 93.5 Å². The Hall–Kier alpha value is -2.86. The minimum Gasteiger partial charge on any atom is -0.382 e. The van der Waals surface area contributed by atoms with Crippen molar-refractivity contribution < 1.29 is 14.7 Å². The zero-order valence-electron chi connectivity index (χ0n) is 17.9. The van der Waals surface area contributed by atoms with E-state index in [1.807, 2.05) is 31.2 Å². The van der Waals surface area contributed by atoms with Crippen LogP contribution in [0, 0.1) is 0 Å². The third-order valence-corrected chi connectivity index (χ3v) is 7.25. The average Bonchev–Trinajstić information content (AvgIpc) is 3.27. The lowest BCUT2D eigenvalue weighted by Gasteiger charge is -2.39. The van der Waals surface area contributed by atoms with Gasteiger partial charge in [0.2, 0.25) is 0 Å². The van der Waals surface area contributed by atoms with Crippen LogP contribution >= 0.6 is 23.2 Å². The predicted molar refractivity (Wildman–Crippen MR) is 130 cm³/mol. The molecule has 2 heterocycles. The molecule has 5 rings (SSSR count). The summed E-state index contributed by atoms with van der Waals surface area (Å²) >= 11 is 12.4. The molecule has 0 spiro atoms. The number of hydrogen-bond acceptors (Lipinski definition) is 4. The number of benzene rings is 3. The van der Waals surface area contributed by atoms with Gasteiger partial charge >= 0.3 is 0 Å². The van der Waals surface area contributed by atoms with Crippen molar-refractivity contribution >= 4 is 46.3 Å². The first-order valence-corrected chi connectivity index (χ1v) is 11.5. The monoisotopic (exact) mass is 480 g/mol.